The number of rotatable bonds is 10. The number of nitrogens with zero attached hydrogens (tertiary/aromatic N) is 1. The maximum atomic E-state index is 13.0. The summed E-state index contributed by atoms with van der Waals surface area (Å²) in [5.41, 5.74) is 5.13. The number of hydrazone groups is 1. The molecule has 0 saturated carbocycles. The monoisotopic (exact) mass is 527 g/mol. The summed E-state index contributed by atoms with van der Waals surface area (Å²) >= 11 is 12.1. The number of ether oxygens (including phenoxy) is 2. The van der Waals surface area contributed by atoms with Crippen molar-refractivity contribution in [2.75, 3.05) is 7.11 Å². The topological polar surface area (TPSA) is 89.0 Å². The van der Waals surface area contributed by atoms with Gasteiger partial charge in [-0.05, 0) is 54.8 Å². The molecule has 0 unspecified atom stereocenters. The van der Waals surface area contributed by atoms with E-state index in [-0.39, 0.29) is 11.4 Å². The van der Waals surface area contributed by atoms with Crippen molar-refractivity contribution in [3.63, 3.8) is 0 Å². The van der Waals surface area contributed by atoms with Crippen molar-refractivity contribution < 1.29 is 19.1 Å². The summed E-state index contributed by atoms with van der Waals surface area (Å²) in [6.45, 7) is 3.50. The Morgan fingerprint density at radius 2 is 1.75 bits per heavy atom. The number of hydrogen-bond acceptors (Lipinski definition) is 5. The predicted molar refractivity (Wildman–Crippen MR) is 142 cm³/mol. The van der Waals surface area contributed by atoms with E-state index in [2.05, 4.69) is 15.8 Å². The molecule has 36 heavy (non-hydrogen) atoms. The lowest BCUT2D eigenvalue weighted by Crippen LogP contribution is -2.50. The van der Waals surface area contributed by atoms with Crippen LogP contribution < -0.4 is 20.2 Å². The average molecular weight is 528 g/mol. The fourth-order valence-electron chi connectivity index (χ4n) is 3.33. The quantitative estimate of drug-likeness (QED) is 0.288. The van der Waals surface area contributed by atoms with Crippen molar-refractivity contribution in [1.82, 2.24) is 10.7 Å². The Labute approximate surface area is 220 Å². The van der Waals surface area contributed by atoms with Crippen molar-refractivity contribution >= 4 is 41.2 Å². The zero-order valence-electron chi connectivity index (χ0n) is 20.1. The van der Waals surface area contributed by atoms with Gasteiger partial charge in [0.25, 0.3) is 11.8 Å². The van der Waals surface area contributed by atoms with Gasteiger partial charge in [0.05, 0.1) is 18.3 Å². The van der Waals surface area contributed by atoms with Gasteiger partial charge in [-0.15, -0.1) is 0 Å². The van der Waals surface area contributed by atoms with E-state index in [1.54, 1.807) is 26.2 Å². The van der Waals surface area contributed by atoms with Crippen LogP contribution in [-0.2, 0) is 16.0 Å². The minimum atomic E-state index is -0.918. The lowest BCUT2D eigenvalue weighted by atomic mass is 10.1. The van der Waals surface area contributed by atoms with Gasteiger partial charge >= 0.3 is 0 Å². The summed E-state index contributed by atoms with van der Waals surface area (Å²) in [6, 6.07) is 18.8. The number of carbonyl (C=O) groups is 2. The first-order valence-corrected chi connectivity index (χ1v) is 12.0. The second-order valence-electron chi connectivity index (χ2n) is 8.05. The zero-order valence-corrected chi connectivity index (χ0v) is 21.6. The molecule has 0 bridgehead atoms. The number of methoxy groups -OCH3 is 1. The molecule has 0 aliphatic carbocycles. The fraction of sp³-hybridized carbons (Fsp3) is 0.222. The first-order chi connectivity index (χ1) is 17.3. The van der Waals surface area contributed by atoms with Crippen LogP contribution in [0.25, 0.3) is 0 Å². The third kappa shape index (κ3) is 7.73. The molecular weight excluding hydrogens is 501 g/mol. The summed E-state index contributed by atoms with van der Waals surface area (Å²) in [7, 11) is 1.59. The Bertz CT molecular complexity index is 1230. The SMILES string of the molecule is COc1cc(/C=N\NC(=O)[C@H](Cc2ccccc2)NC(=O)[C@H](C)Oc2ccc(Cl)cc2Cl)ccc1C. The Morgan fingerprint density at radius 1 is 1.00 bits per heavy atom. The highest BCUT2D eigenvalue weighted by Gasteiger charge is 2.25. The molecule has 188 valence electrons. The van der Waals surface area contributed by atoms with E-state index in [0.717, 1.165) is 16.7 Å². The number of benzene rings is 3. The molecule has 0 aromatic heterocycles. The van der Waals surface area contributed by atoms with E-state index < -0.39 is 24.0 Å². The van der Waals surface area contributed by atoms with E-state index in [0.29, 0.717) is 16.5 Å². The van der Waals surface area contributed by atoms with Crippen molar-refractivity contribution in [3.8, 4) is 11.5 Å². The van der Waals surface area contributed by atoms with Crippen LogP contribution in [0, 0.1) is 6.92 Å². The van der Waals surface area contributed by atoms with Crippen LogP contribution in [0.4, 0.5) is 0 Å². The summed E-state index contributed by atoms with van der Waals surface area (Å²) in [6.07, 6.45) is 0.856. The number of hydrogen-bond donors (Lipinski definition) is 2. The van der Waals surface area contributed by atoms with Gasteiger partial charge in [0.1, 0.15) is 17.5 Å². The van der Waals surface area contributed by atoms with Crippen LogP contribution in [-0.4, -0.2) is 37.3 Å². The molecule has 3 aromatic carbocycles. The second-order valence-corrected chi connectivity index (χ2v) is 8.89. The van der Waals surface area contributed by atoms with E-state index in [9.17, 15) is 9.59 Å². The standard InChI is InChI=1S/C27H27Cl2N3O4/c1-17-9-10-20(14-25(17)35-3)16-30-32-27(34)23(13-19-7-5-4-6-8-19)31-26(33)18(2)36-24-12-11-21(28)15-22(24)29/h4-12,14-16,18,23H,13H2,1-3H3,(H,31,33)(H,32,34)/b30-16-/t18-,23-/m0/s1. The van der Waals surface area contributed by atoms with Crippen LogP contribution in [0.1, 0.15) is 23.6 Å². The molecule has 7 nitrogen and oxygen atoms in total. The highest BCUT2D eigenvalue weighted by atomic mass is 35.5. The van der Waals surface area contributed by atoms with Crippen LogP contribution in [0.15, 0.2) is 71.8 Å². The summed E-state index contributed by atoms with van der Waals surface area (Å²) in [4.78, 5) is 25.9. The molecule has 0 aliphatic heterocycles. The van der Waals surface area contributed by atoms with Gasteiger partial charge in [0.2, 0.25) is 0 Å². The first-order valence-electron chi connectivity index (χ1n) is 11.2. The highest BCUT2D eigenvalue weighted by molar-refractivity contribution is 6.35. The summed E-state index contributed by atoms with van der Waals surface area (Å²) in [5.74, 6) is 0.0729. The molecule has 9 heteroatoms. The molecule has 0 radical (unpaired) electrons. The minimum Gasteiger partial charge on any atom is -0.496 e. The van der Waals surface area contributed by atoms with E-state index >= 15 is 0 Å². The highest BCUT2D eigenvalue weighted by Crippen LogP contribution is 2.28. The third-order valence-electron chi connectivity index (χ3n) is 5.30. The van der Waals surface area contributed by atoms with Crippen LogP contribution in [0.3, 0.4) is 0 Å². The third-order valence-corrected chi connectivity index (χ3v) is 5.83. The number of aryl methyl sites for hydroxylation is 1. The number of halogens is 2. The van der Waals surface area contributed by atoms with Crippen molar-refractivity contribution in [1.29, 1.82) is 0 Å². The maximum absolute atomic E-state index is 13.0. The van der Waals surface area contributed by atoms with Crippen molar-refractivity contribution in [2.24, 2.45) is 5.10 Å². The van der Waals surface area contributed by atoms with Gasteiger partial charge in [0, 0.05) is 11.4 Å². The van der Waals surface area contributed by atoms with Crippen molar-refractivity contribution in [2.45, 2.75) is 32.4 Å². The van der Waals surface area contributed by atoms with Crippen molar-refractivity contribution in [3.05, 3.63) is 93.5 Å². The molecule has 2 amide bonds. The molecule has 3 aromatic rings. The molecule has 2 N–H and O–H groups in total. The molecular formula is C27H27Cl2N3O4. The van der Waals surface area contributed by atoms with Gasteiger partial charge in [-0.2, -0.15) is 5.10 Å². The predicted octanol–water partition coefficient (Wildman–Crippen LogP) is 4.96. The summed E-state index contributed by atoms with van der Waals surface area (Å²) in [5, 5.41) is 7.54. The lowest BCUT2D eigenvalue weighted by Gasteiger charge is -2.21. The van der Waals surface area contributed by atoms with E-state index in [1.165, 1.54) is 12.3 Å². The first kappa shape index (κ1) is 27.0. The Kier molecular flexibility index (Phi) is 9.73. The molecule has 3 rings (SSSR count). The number of nitrogens with one attached hydrogen (secondary N) is 2. The maximum Gasteiger partial charge on any atom is 0.262 e. The van der Waals surface area contributed by atoms with Crippen LogP contribution in [0.5, 0.6) is 11.5 Å². The smallest absolute Gasteiger partial charge is 0.262 e. The van der Waals surface area contributed by atoms with Crippen LogP contribution in [0.2, 0.25) is 10.0 Å². The Morgan fingerprint density at radius 3 is 2.44 bits per heavy atom. The second kappa shape index (κ2) is 13.0. The van der Waals surface area contributed by atoms with Gasteiger partial charge < -0.3 is 14.8 Å². The normalized spacial score (nSPS) is 12.6. The van der Waals surface area contributed by atoms with E-state index in [4.69, 9.17) is 32.7 Å². The Balaban J connectivity index is 1.69. The molecule has 0 heterocycles. The molecule has 0 fully saturated rings. The average Bonchev–Trinajstić information content (AvgIpc) is 2.86. The largest absolute Gasteiger partial charge is 0.496 e. The summed E-state index contributed by atoms with van der Waals surface area (Å²) < 4.78 is 11.0. The zero-order chi connectivity index (χ0) is 26.1. The van der Waals surface area contributed by atoms with Gasteiger partial charge in [-0.3, -0.25) is 9.59 Å². The molecule has 0 aliphatic rings. The fourth-order valence-corrected chi connectivity index (χ4v) is 3.78. The van der Waals surface area contributed by atoms with Gasteiger partial charge in [0.15, 0.2) is 6.10 Å². The molecule has 0 saturated heterocycles. The Hall–Kier alpha value is -3.55. The number of carbonyl (C=O) groups excluding carboxylic acids is 2. The molecule has 2 atom stereocenters. The van der Waals surface area contributed by atoms with Gasteiger partial charge in [-0.25, -0.2) is 5.43 Å². The molecule has 0 spiro atoms. The number of amides is 2. The van der Waals surface area contributed by atoms with Gasteiger partial charge in [-0.1, -0.05) is 65.7 Å². The lowest BCUT2D eigenvalue weighted by molar-refractivity contribution is -0.132. The van der Waals surface area contributed by atoms with E-state index in [1.807, 2.05) is 55.5 Å². The minimum absolute atomic E-state index is 0.265. The van der Waals surface area contributed by atoms with Crippen LogP contribution >= 0.6 is 23.2 Å².